The first-order chi connectivity index (χ1) is 7.09. The average Bonchev–Trinajstić information content (AvgIpc) is 2.17. The van der Waals surface area contributed by atoms with Crippen LogP contribution in [-0.4, -0.2) is 10.9 Å². The van der Waals surface area contributed by atoms with Crippen LogP contribution in [0.5, 0.6) is 0 Å². The molecule has 0 aliphatic heterocycles. The molecule has 76 valence electrons. The summed E-state index contributed by atoms with van der Waals surface area (Å²) in [6.45, 7) is 0. The number of carbonyl (C=O) groups is 1. The minimum atomic E-state index is -0.672. The molecule has 2 aromatic rings. The van der Waals surface area contributed by atoms with Crippen molar-refractivity contribution in [3.63, 3.8) is 0 Å². The SMILES string of the molecule is NC(=O)c1cc(=O)c2c(Cl)cccc2[nH]1. The van der Waals surface area contributed by atoms with Crippen molar-refractivity contribution in [3.8, 4) is 0 Å². The highest BCUT2D eigenvalue weighted by molar-refractivity contribution is 6.35. The van der Waals surface area contributed by atoms with E-state index in [1.807, 2.05) is 0 Å². The first-order valence-corrected chi connectivity index (χ1v) is 4.59. The monoisotopic (exact) mass is 222 g/mol. The van der Waals surface area contributed by atoms with E-state index < -0.39 is 5.91 Å². The lowest BCUT2D eigenvalue weighted by atomic mass is 10.2. The lowest BCUT2D eigenvalue weighted by Crippen LogP contribution is -2.16. The maximum absolute atomic E-state index is 11.6. The molecule has 1 amide bonds. The van der Waals surface area contributed by atoms with E-state index in [1.54, 1.807) is 18.2 Å². The molecule has 0 saturated carbocycles. The highest BCUT2D eigenvalue weighted by atomic mass is 35.5. The molecule has 4 nitrogen and oxygen atoms in total. The van der Waals surface area contributed by atoms with Crippen LogP contribution in [0.2, 0.25) is 5.02 Å². The first kappa shape index (κ1) is 9.73. The fraction of sp³-hybridized carbons (Fsp3) is 0. The first-order valence-electron chi connectivity index (χ1n) is 4.21. The number of primary amides is 1. The zero-order valence-electron chi connectivity index (χ0n) is 7.58. The number of aromatic amines is 1. The van der Waals surface area contributed by atoms with Crippen LogP contribution >= 0.6 is 11.6 Å². The Labute approximate surface area is 89.7 Å². The van der Waals surface area contributed by atoms with Gasteiger partial charge in [0.1, 0.15) is 5.69 Å². The van der Waals surface area contributed by atoms with Crippen LogP contribution in [0.15, 0.2) is 29.1 Å². The van der Waals surface area contributed by atoms with Crippen LogP contribution < -0.4 is 11.2 Å². The van der Waals surface area contributed by atoms with Crippen LogP contribution in [0.1, 0.15) is 10.5 Å². The van der Waals surface area contributed by atoms with E-state index in [0.29, 0.717) is 15.9 Å². The Morgan fingerprint density at radius 1 is 1.40 bits per heavy atom. The van der Waals surface area contributed by atoms with Crippen LogP contribution in [-0.2, 0) is 0 Å². The van der Waals surface area contributed by atoms with Gasteiger partial charge < -0.3 is 10.7 Å². The number of nitrogens with two attached hydrogens (primary N) is 1. The zero-order chi connectivity index (χ0) is 11.0. The molecule has 15 heavy (non-hydrogen) atoms. The summed E-state index contributed by atoms with van der Waals surface area (Å²) in [5.41, 5.74) is 5.34. The summed E-state index contributed by atoms with van der Waals surface area (Å²) in [6.07, 6.45) is 0. The van der Waals surface area contributed by atoms with Crippen LogP contribution in [0.25, 0.3) is 10.9 Å². The third-order valence-corrected chi connectivity index (χ3v) is 2.39. The molecule has 0 aliphatic carbocycles. The van der Waals surface area contributed by atoms with Crippen molar-refractivity contribution < 1.29 is 4.79 Å². The molecular formula is C10H7ClN2O2. The van der Waals surface area contributed by atoms with E-state index in [1.165, 1.54) is 0 Å². The highest BCUT2D eigenvalue weighted by Gasteiger charge is 2.08. The van der Waals surface area contributed by atoms with E-state index in [0.717, 1.165) is 6.07 Å². The second-order valence-electron chi connectivity index (χ2n) is 3.07. The molecule has 0 spiro atoms. The lowest BCUT2D eigenvalue weighted by Gasteiger charge is -2.01. The quantitative estimate of drug-likeness (QED) is 0.763. The predicted octanol–water partition coefficient (Wildman–Crippen LogP) is 1.28. The number of rotatable bonds is 1. The highest BCUT2D eigenvalue weighted by Crippen LogP contribution is 2.18. The maximum Gasteiger partial charge on any atom is 0.265 e. The number of pyridine rings is 1. The summed E-state index contributed by atoms with van der Waals surface area (Å²) in [5.74, 6) is -0.672. The Hall–Kier alpha value is -1.81. The van der Waals surface area contributed by atoms with Gasteiger partial charge in [0.15, 0.2) is 5.43 Å². The van der Waals surface area contributed by atoms with Gasteiger partial charge in [0, 0.05) is 6.07 Å². The Morgan fingerprint density at radius 3 is 2.80 bits per heavy atom. The molecule has 1 aromatic heterocycles. The van der Waals surface area contributed by atoms with Gasteiger partial charge in [-0.1, -0.05) is 17.7 Å². The standard InChI is InChI=1S/C10H7ClN2O2/c11-5-2-1-3-6-9(5)8(14)4-7(13-6)10(12)15/h1-4H,(H2,12,15)(H,13,14). The van der Waals surface area contributed by atoms with Gasteiger partial charge in [-0.3, -0.25) is 9.59 Å². The number of aromatic nitrogens is 1. The third-order valence-electron chi connectivity index (χ3n) is 2.07. The second-order valence-corrected chi connectivity index (χ2v) is 3.48. The van der Waals surface area contributed by atoms with Gasteiger partial charge in [-0.25, -0.2) is 0 Å². The van der Waals surface area contributed by atoms with E-state index >= 15 is 0 Å². The van der Waals surface area contributed by atoms with Crippen molar-refractivity contribution in [3.05, 3.63) is 45.2 Å². The number of amides is 1. The molecule has 0 atom stereocenters. The summed E-state index contributed by atoms with van der Waals surface area (Å²) >= 11 is 5.86. The van der Waals surface area contributed by atoms with Crippen molar-refractivity contribution in [2.45, 2.75) is 0 Å². The largest absolute Gasteiger partial charge is 0.364 e. The minimum Gasteiger partial charge on any atom is -0.364 e. The molecule has 0 aliphatic rings. The number of benzene rings is 1. The summed E-state index contributed by atoms with van der Waals surface area (Å²) in [6, 6.07) is 6.11. The smallest absolute Gasteiger partial charge is 0.265 e. The molecule has 0 radical (unpaired) electrons. The van der Waals surface area contributed by atoms with Crippen molar-refractivity contribution in [2.75, 3.05) is 0 Å². The van der Waals surface area contributed by atoms with Crippen LogP contribution in [0.4, 0.5) is 0 Å². The van der Waals surface area contributed by atoms with Gasteiger partial charge in [-0.15, -0.1) is 0 Å². The van der Waals surface area contributed by atoms with Crippen LogP contribution in [0.3, 0.4) is 0 Å². The van der Waals surface area contributed by atoms with Crippen LogP contribution in [0, 0.1) is 0 Å². The Balaban J connectivity index is 2.91. The van der Waals surface area contributed by atoms with Gasteiger partial charge in [0.25, 0.3) is 5.91 Å². The number of hydrogen-bond acceptors (Lipinski definition) is 2. The molecule has 0 saturated heterocycles. The normalized spacial score (nSPS) is 10.5. The predicted molar refractivity (Wildman–Crippen MR) is 58.1 cm³/mol. The maximum atomic E-state index is 11.6. The molecule has 0 fully saturated rings. The molecule has 1 aromatic carbocycles. The Bertz CT molecular complexity index is 604. The summed E-state index contributed by atoms with van der Waals surface area (Å²) in [4.78, 5) is 25.3. The summed E-state index contributed by atoms with van der Waals surface area (Å²) in [5, 5.41) is 0.717. The van der Waals surface area contributed by atoms with E-state index in [9.17, 15) is 9.59 Å². The number of nitrogens with one attached hydrogen (secondary N) is 1. The molecule has 0 bridgehead atoms. The Kier molecular flexibility index (Phi) is 2.21. The molecular weight excluding hydrogens is 216 g/mol. The fourth-order valence-electron chi connectivity index (χ4n) is 1.40. The molecule has 1 heterocycles. The van der Waals surface area contributed by atoms with Crippen molar-refractivity contribution in [1.82, 2.24) is 4.98 Å². The number of H-pyrrole nitrogens is 1. The Morgan fingerprint density at radius 2 is 2.13 bits per heavy atom. The minimum absolute atomic E-state index is 0.0785. The summed E-state index contributed by atoms with van der Waals surface area (Å²) < 4.78 is 0. The number of fused-ring (bicyclic) bond motifs is 1. The molecule has 5 heteroatoms. The second kappa shape index (κ2) is 3.40. The number of carbonyl (C=O) groups excluding carboxylic acids is 1. The van der Waals surface area contributed by atoms with Crippen molar-refractivity contribution >= 4 is 28.4 Å². The summed E-state index contributed by atoms with van der Waals surface area (Å²) in [7, 11) is 0. The van der Waals surface area contributed by atoms with Gasteiger partial charge in [0.2, 0.25) is 0 Å². The van der Waals surface area contributed by atoms with E-state index in [-0.39, 0.29) is 11.1 Å². The average molecular weight is 223 g/mol. The molecule has 2 rings (SSSR count). The fourth-order valence-corrected chi connectivity index (χ4v) is 1.66. The zero-order valence-corrected chi connectivity index (χ0v) is 8.34. The van der Waals surface area contributed by atoms with Gasteiger partial charge in [-0.2, -0.15) is 0 Å². The number of halogens is 1. The third kappa shape index (κ3) is 1.59. The van der Waals surface area contributed by atoms with E-state index in [2.05, 4.69) is 4.98 Å². The topological polar surface area (TPSA) is 76.0 Å². The molecule has 0 unspecified atom stereocenters. The van der Waals surface area contributed by atoms with Crippen molar-refractivity contribution in [2.24, 2.45) is 5.73 Å². The number of hydrogen-bond donors (Lipinski definition) is 2. The van der Waals surface area contributed by atoms with Gasteiger partial charge in [0.05, 0.1) is 15.9 Å². The van der Waals surface area contributed by atoms with Crippen molar-refractivity contribution in [1.29, 1.82) is 0 Å². The molecule has 3 N–H and O–H groups in total. The van der Waals surface area contributed by atoms with Gasteiger partial charge in [-0.05, 0) is 12.1 Å². The van der Waals surface area contributed by atoms with E-state index in [4.69, 9.17) is 17.3 Å². The van der Waals surface area contributed by atoms with Gasteiger partial charge >= 0.3 is 0 Å². The lowest BCUT2D eigenvalue weighted by molar-refractivity contribution is 0.0996.